The Morgan fingerprint density at radius 1 is 0.457 bits per heavy atom. The molecule has 0 bridgehead atoms. The van der Waals surface area contributed by atoms with E-state index in [1.807, 2.05) is 48.8 Å². The molecule has 0 unspecified atom stereocenters. The number of hydrogen-bond acceptors (Lipinski definition) is 4. The smallest absolute Gasteiger partial charge is 0.137 e. The minimum absolute atomic E-state index is 0. The third-order valence-corrected chi connectivity index (χ3v) is 7.41. The van der Waals surface area contributed by atoms with Crippen molar-refractivity contribution in [3.8, 4) is 11.6 Å². The predicted octanol–water partition coefficient (Wildman–Crippen LogP) is 8.91. The van der Waals surface area contributed by atoms with Crippen molar-refractivity contribution in [3.63, 3.8) is 0 Å². The van der Waals surface area contributed by atoms with Crippen molar-refractivity contribution in [1.82, 2.24) is 19.1 Å². The molecule has 0 spiro atoms. The van der Waals surface area contributed by atoms with Crippen molar-refractivity contribution in [1.29, 1.82) is 0 Å². The number of Topliss-reactive ketones (excluding diaryl/α,β-unsaturated/α-hetero) is 2. The zero-order valence-electron chi connectivity index (χ0n) is 25.5. The van der Waals surface area contributed by atoms with Crippen LogP contribution in [0.15, 0.2) is 146 Å². The molecule has 0 aliphatic rings. The van der Waals surface area contributed by atoms with Crippen LogP contribution < -0.4 is 0 Å². The Labute approximate surface area is 280 Å². The van der Waals surface area contributed by atoms with Crippen LogP contribution in [0, 0.1) is 0 Å². The van der Waals surface area contributed by atoms with Gasteiger partial charge in [0.25, 0.3) is 0 Å². The number of para-hydroxylation sites is 4. The van der Waals surface area contributed by atoms with E-state index in [1.165, 1.54) is 57.5 Å². The van der Waals surface area contributed by atoms with Gasteiger partial charge in [0, 0.05) is 54.0 Å². The molecule has 4 heterocycles. The summed E-state index contributed by atoms with van der Waals surface area (Å²) < 4.78 is 4.43. The number of pyridine rings is 2. The average molecular weight is 781 g/mol. The summed E-state index contributed by atoms with van der Waals surface area (Å²) in [6.07, 6.45) is 3.75. The van der Waals surface area contributed by atoms with Crippen molar-refractivity contribution in [2.75, 3.05) is 0 Å². The molecule has 7 heteroatoms. The zero-order chi connectivity index (χ0) is 31.2. The van der Waals surface area contributed by atoms with Gasteiger partial charge in [0.1, 0.15) is 23.2 Å². The molecular formula is C39H32IrN4O2. The van der Waals surface area contributed by atoms with Crippen LogP contribution >= 0.6 is 0 Å². The van der Waals surface area contributed by atoms with Gasteiger partial charge < -0.3 is 0 Å². The summed E-state index contributed by atoms with van der Waals surface area (Å²) >= 11 is 0. The fourth-order valence-corrected chi connectivity index (χ4v) is 5.66. The molecule has 0 saturated carbocycles. The van der Waals surface area contributed by atoms with E-state index in [0.29, 0.717) is 0 Å². The van der Waals surface area contributed by atoms with Gasteiger partial charge in [-0.05, 0) is 62.4 Å². The average Bonchev–Trinajstić information content (AvgIpc) is 3.59. The monoisotopic (exact) mass is 781 g/mol. The van der Waals surface area contributed by atoms with Crippen molar-refractivity contribution < 1.29 is 29.7 Å². The molecule has 0 N–H and O–H groups in total. The van der Waals surface area contributed by atoms with Gasteiger partial charge in [-0.25, -0.2) is 9.97 Å². The van der Waals surface area contributed by atoms with Gasteiger partial charge >= 0.3 is 0 Å². The maximum absolute atomic E-state index is 10.0. The normalized spacial score (nSPS) is 10.5. The fourth-order valence-electron chi connectivity index (χ4n) is 5.66. The van der Waals surface area contributed by atoms with E-state index in [0.717, 1.165) is 11.6 Å². The number of carbonyl (C=O) groups is 2. The molecule has 0 aliphatic carbocycles. The first-order valence-electron chi connectivity index (χ1n) is 14.8. The second-order valence-electron chi connectivity index (χ2n) is 10.7. The molecule has 0 saturated heterocycles. The summed E-state index contributed by atoms with van der Waals surface area (Å²) in [6.45, 7) is 2.81. The third kappa shape index (κ3) is 6.71. The van der Waals surface area contributed by atoms with E-state index in [-0.39, 0.29) is 38.1 Å². The van der Waals surface area contributed by atoms with Crippen molar-refractivity contribution in [2.45, 2.75) is 20.3 Å². The van der Waals surface area contributed by atoms with Crippen LogP contribution in [-0.4, -0.2) is 30.7 Å². The van der Waals surface area contributed by atoms with Crippen LogP contribution in [0.2, 0.25) is 0 Å². The molecule has 0 fully saturated rings. The Hall–Kier alpha value is -5.23. The summed E-state index contributed by atoms with van der Waals surface area (Å²) in [5.74, 6) is 1.79. The van der Waals surface area contributed by atoms with Gasteiger partial charge in [0.2, 0.25) is 0 Å². The maximum atomic E-state index is 10.0. The Kier molecular flexibility index (Phi) is 10.3. The van der Waals surface area contributed by atoms with E-state index >= 15 is 0 Å². The predicted molar refractivity (Wildman–Crippen MR) is 183 cm³/mol. The van der Waals surface area contributed by atoms with E-state index in [2.05, 4.69) is 116 Å². The molecule has 6 nitrogen and oxygen atoms in total. The van der Waals surface area contributed by atoms with Crippen LogP contribution in [0.1, 0.15) is 20.3 Å². The zero-order valence-corrected chi connectivity index (χ0v) is 27.9. The summed E-state index contributed by atoms with van der Waals surface area (Å²) in [4.78, 5) is 29.0. The van der Waals surface area contributed by atoms with Crippen LogP contribution in [0.25, 0.3) is 55.2 Å². The standard InChI is InChI=1S/2C17H12N2.C5H8O2.Ir/c2*1-3-9-15-13(7-1)14-8-2-4-10-16(14)19(15)17-11-5-6-12-18-17;1-4(6)3-5(2)7;/h2*1-12H;3H2,1-2H3;. The van der Waals surface area contributed by atoms with Crippen molar-refractivity contribution in [3.05, 3.63) is 146 Å². The molecule has 229 valence electrons. The molecule has 0 amide bonds. The molecule has 8 rings (SSSR count). The van der Waals surface area contributed by atoms with E-state index in [9.17, 15) is 9.59 Å². The van der Waals surface area contributed by atoms with Crippen LogP contribution in [0.5, 0.6) is 0 Å². The van der Waals surface area contributed by atoms with Crippen LogP contribution in [0.4, 0.5) is 0 Å². The maximum Gasteiger partial charge on any atom is 0.137 e. The van der Waals surface area contributed by atoms with E-state index < -0.39 is 0 Å². The number of hydrogen-bond donors (Lipinski definition) is 0. The molecule has 4 aromatic carbocycles. The summed E-state index contributed by atoms with van der Waals surface area (Å²) in [5.41, 5.74) is 4.79. The molecule has 0 aliphatic heterocycles. The molecule has 1 radical (unpaired) electrons. The van der Waals surface area contributed by atoms with E-state index in [4.69, 9.17) is 0 Å². The number of ketones is 2. The third-order valence-electron chi connectivity index (χ3n) is 7.41. The van der Waals surface area contributed by atoms with Gasteiger partial charge in [0.15, 0.2) is 0 Å². The first kappa shape index (κ1) is 32.2. The number of carbonyl (C=O) groups excluding carboxylic acids is 2. The summed E-state index contributed by atoms with van der Waals surface area (Å²) in [7, 11) is 0. The van der Waals surface area contributed by atoms with Gasteiger partial charge in [0.05, 0.1) is 28.5 Å². The second kappa shape index (κ2) is 14.7. The number of benzene rings is 4. The van der Waals surface area contributed by atoms with E-state index in [1.54, 1.807) is 0 Å². The molecular weight excluding hydrogens is 749 g/mol. The van der Waals surface area contributed by atoms with Gasteiger partial charge in [-0.1, -0.05) is 84.9 Å². The summed E-state index contributed by atoms with van der Waals surface area (Å²) in [5, 5.41) is 5.07. The largest absolute Gasteiger partial charge is 0.300 e. The fraction of sp³-hybridized carbons (Fsp3) is 0.0769. The quantitative estimate of drug-likeness (QED) is 0.168. The number of nitrogens with zero attached hydrogens (tertiary/aromatic N) is 4. The Bertz CT molecular complexity index is 1990. The number of fused-ring (bicyclic) bond motifs is 6. The molecule has 0 atom stereocenters. The SMILES string of the molecule is CC(=O)CC(C)=O.[Ir].c1ccc(-n2c3ccccc3c3ccccc32)nc1.c1ccc(-n2c3ccccc3c3ccccc32)nc1. The minimum atomic E-state index is -0.0625. The number of aromatic nitrogens is 4. The van der Waals surface area contributed by atoms with Gasteiger partial charge in [-0.3, -0.25) is 18.7 Å². The van der Waals surface area contributed by atoms with Crippen molar-refractivity contribution in [2.24, 2.45) is 0 Å². The van der Waals surface area contributed by atoms with Crippen molar-refractivity contribution >= 4 is 55.2 Å². The van der Waals surface area contributed by atoms with Gasteiger partial charge in [-0.2, -0.15) is 0 Å². The van der Waals surface area contributed by atoms with Gasteiger partial charge in [-0.15, -0.1) is 0 Å². The first-order valence-corrected chi connectivity index (χ1v) is 14.8. The Balaban J connectivity index is 0.000000149. The molecule has 4 aromatic heterocycles. The number of rotatable bonds is 4. The molecule has 46 heavy (non-hydrogen) atoms. The molecule has 8 aromatic rings. The van der Waals surface area contributed by atoms with Crippen LogP contribution in [-0.2, 0) is 29.7 Å². The Morgan fingerprint density at radius 2 is 0.739 bits per heavy atom. The summed E-state index contributed by atoms with van der Waals surface area (Å²) in [6, 6.07) is 45.8. The second-order valence-corrected chi connectivity index (χ2v) is 10.7. The topological polar surface area (TPSA) is 69.8 Å². The Morgan fingerprint density at radius 3 is 0.978 bits per heavy atom. The first-order chi connectivity index (χ1) is 22.0. The van der Waals surface area contributed by atoms with Crippen LogP contribution in [0.3, 0.4) is 0 Å². The minimum Gasteiger partial charge on any atom is -0.300 e.